The first kappa shape index (κ1) is 22.9. The van der Waals surface area contributed by atoms with Crippen LogP contribution in [-0.2, 0) is 4.79 Å². The molecule has 0 bridgehead atoms. The Bertz CT molecular complexity index is 1370. The van der Waals surface area contributed by atoms with Crippen LogP contribution < -0.4 is 10.5 Å². The maximum absolute atomic E-state index is 12.2. The number of hydrogen-bond donors (Lipinski definition) is 2. The Hall–Kier alpha value is -3.87. The fourth-order valence-corrected chi connectivity index (χ4v) is 4.32. The summed E-state index contributed by atoms with van der Waals surface area (Å²) in [5.41, 5.74) is 6.08. The molecule has 180 valence electrons. The van der Waals surface area contributed by atoms with Crippen molar-refractivity contribution >= 4 is 22.7 Å². The summed E-state index contributed by atoms with van der Waals surface area (Å²) in [7, 11) is 1.64. The molecule has 1 aromatic heterocycles. The summed E-state index contributed by atoms with van der Waals surface area (Å²) in [5.74, 6) is 5.27. The molecule has 1 atom stereocenters. The third kappa shape index (κ3) is 4.46. The number of likely N-dealkylation sites (N-methyl/N-ethyl adjacent to an activating group) is 1. The van der Waals surface area contributed by atoms with Gasteiger partial charge in [-0.25, -0.2) is 4.68 Å². The van der Waals surface area contributed by atoms with Gasteiger partial charge < -0.3 is 20.5 Å². The largest absolute Gasteiger partial charge is 0.492 e. The van der Waals surface area contributed by atoms with Gasteiger partial charge in [0.15, 0.2) is 5.69 Å². The third-order valence-corrected chi connectivity index (χ3v) is 6.52. The van der Waals surface area contributed by atoms with Crippen molar-refractivity contribution in [3.63, 3.8) is 0 Å². The van der Waals surface area contributed by atoms with Crippen LogP contribution in [0.4, 0.5) is 0 Å². The fraction of sp³-hybridized carbons (Fsp3) is 0.346. The maximum Gasteiger partial charge on any atom is 0.269 e. The number of hydrogen-bond acceptors (Lipinski definition) is 6. The van der Waals surface area contributed by atoms with Crippen LogP contribution >= 0.6 is 0 Å². The first-order valence-corrected chi connectivity index (χ1v) is 11.6. The molecule has 0 aliphatic carbocycles. The molecule has 2 fully saturated rings. The predicted octanol–water partition coefficient (Wildman–Crippen LogP) is 1.15. The number of amides is 2. The molecule has 2 aromatic carbocycles. The fourth-order valence-electron chi connectivity index (χ4n) is 4.32. The number of aliphatic hydroxyl groups is 1. The second kappa shape index (κ2) is 9.06. The van der Waals surface area contributed by atoms with Crippen molar-refractivity contribution in [3.05, 3.63) is 53.7 Å². The summed E-state index contributed by atoms with van der Waals surface area (Å²) in [4.78, 5) is 28.1. The number of aromatic nitrogens is 2. The van der Waals surface area contributed by atoms with Crippen LogP contribution in [0.5, 0.6) is 5.75 Å². The summed E-state index contributed by atoms with van der Waals surface area (Å²) < 4.78 is 7.52. The van der Waals surface area contributed by atoms with Crippen molar-refractivity contribution in [1.29, 1.82) is 0 Å². The zero-order valence-corrected chi connectivity index (χ0v) is 19.5. The van der Waals surface area contributed by atoms with Gasteiger partial charge in [-0.2, -0.15) is 5.10 Å². The molecule has 35 heavy (non-hydrogen) atoms. The van der Waals surface area contributed by atoms with Gasteiger partial charge in [0.25, 0.3) is 11.8 Å². The Labute approximate surface area is 203 Å². The summed E-state index contributed by atoms with van der Waals surface area (Å²) in [5, 5.41) is 15.6. The van der Waals surface area contributed by atoms with E-state index in [0.717, 1.165) is 19.6 Å². The molecule has 9 nitrogen and oxygen atoms in total. The quantitative estimate of drug-likeness (QED) is 0.520. The summed E-state index contributed by atoms with van der Waals surface area (Å²) in [6.07, 6.45) is 1.50. The standard InChI is InChI=1S/C26H27N5O4/c1-29-13-10-26(34,25(29)33)9-8-18-4-2-5-19(16-18)31-22-7-6-20(35-15-14-30-11-3-12-30)17-21(22)23(28-31)24(27)32/h2,4-7,16-17,34H,3,10-15H2,1H3,(H2,27,32). The van der Waals surface area contributed by atoms with Gasteiger partial charge in [0.1, 0.15) is 12.4 Å². The molecule has 2 aliphatic heterocycles. The minimum atomic E-state index is -1.67. The highest BCUT2D eigenvalue weighted by Crippen LogP contribution is 2.27. The monoisotopic (exact) mass is 473 g/mol. The average Bonchev–Trinajstić information content (AvgIpc) is 3.33. The van der Waals surface area contributed by atoms with E-state index in [0.29, 0.717) is 41.1 Å². The number of nitrogens with zero attached hydrogens (tertiary/aromatic N) is 4. The van der Waals surface area contributed by atoms with E-state index in [1.807, 2.05) is 18.2 Å². The number of carbonyl (C=O) groups is 2. The molecular formula is C26H27N5O4. The SMILES string of the molecule is CN1CCC(O)(C#Cc2cccc(-n3nc(C(N)=O)c4cc(OCCN5CCC5)ccc43)c2)C1=O. The number of primary amides is 1. The van der Waals surface area contributed by atoms with Crippen LogP contribution in [0.2, 0.25) is 0 Å². The maximum atomic E-state index is 12.2. The van der Waals surface area contributed by atoms with Crippen molar-refractivity contribution in [2.24, 2.45) is 5.73 Å². The van der Waals surface area contributed by atoms with E-state index < -0.39 is 17.4 Å². The van der Waals surface area contributed by atoms with Crippen molar-refractivity contribution in [2.45, 2.75) is 18.4 Å². The van der Waals surface area contributed by atoms with Crippen molar-refractivity contribution in [2.75, 3.05) is 39.8 Å². The van der Waals surface area contributed by atoms with Crippen LogP contribution in [0, 0.1) is 11.8 Å². The van der Waals surface area contributed by atoms with E-state index in [1.165, 1.54) is 11.3 Å². The van der Waals surface area contributed by atoms with E-state index in [-0.39, 0.29) is 12.1 Å². The molecule has 1 unspecified atom stereocenters. The number of carbonyl (C=O) groups excluding carboxylic acids is 2. The molecule has 3 aromatic rings. The lowest BCUT2D eigenvalue weighted by Gasteiger charge is -2.30. The average molecular weight is 474 g/mol. The number of likely N-dealkylation sites (tertiary alicyclic amines) is 2. The van der Waals surface area contributed by atoms with Gasteiger partial charge in [0.2, 0.25) is 5.60 Å². The van der Waals surface area contributed by atoms with Crippen LogP contribution in [-0.4, -0.2) is 81.9 Å². The number of ether oxygens (including phenoxy) is 1. The number of nitrogens with two attached hydrogens (primary N) is 1. The number of benzene rings is 2. The smallest absolute Gasteiger partial charge is 0.269 e. The van der Waals surface area contributed by atoms with Crippen LogP contribution in [0.15, 0.2) is 42.5 Å². The molecule has 0 saturated carbocycles. The van der Waals surface area contributed by atoms with Gasteiger partial charge >= 0.3 is 0 Å². The van der Waals surface area contributed by atoms with Crippen LogP contribution in [0.25, 0.3) is 16.6 Å². The highest BCUT2D eigenvalue weighted by Gasteiger charge is 2.42. The lowest BCUT2D eigenvalue weighted by atomic mass is 10.0. The first-order chi connectivity index (χ1) is 16.8. The van der Waals surface area contributed by atoms with E-state index >= 15 is 0 Å². The Morgan fingerprint density at radius 3 is 2.74 bits per heavy atom. The zero-order chi connectivity index (χ0) is 24.6. The Morgan fingerprint density at radius 2 is 2.06 bits per heavy atom. The molecule has 2 amide bonds. The van der Waals surface area contributed by atoms with E-state index in [9.17, 15) is 14.7 Å². The molecule has 0 spiro atoms. The first-order valence-electron chi connectivity index (χ1n) is 11.6. The third-order valence-electron chi connectivity index (χ3n) is 6.52. The van der Waals surface area contributed by atoms with Gasteiger partial charge in [-0.15, -0.1) is 0 Å². The Kier molecular flexibility index (Phi) is 5.93. The Balaban J connectivity index is 1.44. The number of rotatable bonds is 6. The molecule has 5 rings (SSSR count). The summed E-state index contributed by atoms with van der Waals surface area (Å²) >= 11 is 0. The minimum Gasteiger partial charge on any atom is -0.492 e. The highest BCUT2D eigenvalue weighted by atomic mass is 16.5. The van der Waals surface area contributed by atoms with Crippen molar-refractivity contribution < 1.29 is 19.4 Å². The lowest BCUT2D eigenvalue weighted by molar-refractivity contribution is -0.137. The van der Waals surface area contributed by atoms with Gasteiger partial charge in [-0.1, -0.05) is 17.9 Å². The van der Waals surface area contributed by atoms with Crippen LogP contribution in [0.3, 0.4) is 0 Å². The van der Waals surface area contributed by atoms with E-state index in [1.54, 1.807) is 36.0 Å². The molecule has 3 heterocycles. The summed E-state index contributed by atoms with van der Waals surface area (Å²) in [6.45, 7) is 4.11. The molecule has 2 aliphatic rings. The van der Waals surface area contributed by atoms with Gasteiger partial charge in [-0.3, -0.25) is 14.5 Å². The topological polar surface area (TPSA) is 114 Å². The zero-order valence-electron chi connectivity index (χ0n) is 19.5. The molecular weight excluding hydrogens is 446 g/mol. The lowest BCUT2D eigenvalue weighted by Crippen LogP contribution is -2.39. The molecule has 0 radical (unpaired) electrons. The Morgan fingerprint density at radius 1 is 1.23 bits per heavy atom. The summed E-state index contributed by atoms with van der Waals surface area (Å²) in [6, 6.07) is 12.7. The van der Waals surface area contributed by atoms with Crippen LogP contribution in [0.1, 0.15) is 28.9 Å². The predicted molar refractivity (Wildman–Crippen MR) is 130 cm³/mol. The number of fused-ring (bicyclic) bond motifs is 1. The van der Waals surface area contributed by atoms with Crippen molar-refractivity contribution in [3.8, 4) is 23.3 Å². The van der Waals surface area contributed by atoms with Gasteiger partial charge in [-0.05, 0) is 55.9 Å². The molecule has 2 saturated heterocycles. The highest BCUT2D eigenvalue weighted by molar-refractivity contribution is 6.04. The molecule has 3 N–H and O–H groups in total. The second-order valence-electron chi connectivity index (χ2n) is 8.98. The van der Waals surface area contributed by atoms with E-state index in [4.69, 9.17) is 10.5 Å². The minimum absolute atomic E-state index is 0.151. The second-order valence-corrected chi connectivity index (χ2v) is 8.98. The van der Waals surface area contributed by atoms with Gasteiger partial charge in [0.05, 0.1) is 11.2 Å². The van der Waals surface area contributed by atoms with Gasteiger partial charge in [0, 0.05) is 37.5 Å². The van der Waals surface area contributed by atoms with E-state index in [2.05, 4.69) is 21.8 Å². The normalized spacial score (nSPS) is 19.9. The molecule has 9 heteroatoms. The van der Waals surface area contributed by atoms with Crippen molar-refractivity contribution in [1.82, 2.24) is 19.6 Å².